The summed E-state index contributed by atoms with van der Waals surface area (Å²) in [5, 5.41) is 3.02. The number of hydrogen-bond donors (Lipinski definition) is 1. The number of benzene rings is 2. The predicted octanol–water partition coefficient (Wildman–Crippen LogP) is 4.08. The minimum absolute atomic E-state index is 0.127. The first-order valence-corrected chi connectivity index (χ1v) is 11.8. The summed E-state index contributed by atoms with van der Waals surface area (Å²) < 4.78 is 31.8. The maximum absolute atomic E-state index is 12.7. The predicted molar refractivity (Wildman–Crippen MR) is 115 cm³/mol. The van der Waals surface area contributed by atoms with Crippen LogP contribution in [0, 0.1) is 0 Å². The molecule has 0 aromatic heterocycles. The van der Waals surface area contributed by atoms with Crippen LogP contribution in [0.25, 0.3) is 0 Å². The van der Waals surface area contributed by atoms with E-state index >= 15 is 0 Å². The maximum Gasteiger partial charge on any atom is 0.243 e. The van der Waals surface area contributed by atoms with Crippen LogP contribution < -0.4 is 14.4 Å². The number of carbonyl (C=O) groups excluding carboxylic acids is 1. The number of nitrogens with zero attached hydrogens (tertiary/aromatic N) is 1. The molecule has 0 heterocycles. The maximum atomic E-state index is 12.7. The van der Waals surface area contributed by atoms with Crippen LogP contribution in [0.1, 0.15) is 39.0 Å². The fraction of sp³-hybridized carbons (Fsp3) is 0.409. The van der Waals surface area contributed by atoms with Gasteiger partial charge in [0.15, 0.2) is 0 Å². The van der Waals surface area contributed by atoms with Crippen molar-refractivity contribution in [2.24, 2.45) is 0 Å². The average Bonchev–Trinajstić information content (AvgIpc) is 2.70. The van der Waals surface area contributed by atoms with Gasteiger partial charge in [-0.05, 0) is 56.2 Å². The number of carbonyl (C=O) groups is 1. The Bertz CT molecular complexity index is 908. The van der Waals surface area contributed by atoms with Crippen LogP contribution in [-0.4, -0.2) is 32.7 Å². The van der Waals surface area contributed by atoms with Gasteiger partial charge in [-0.3, -0.25) is 9.10 Å². The third kappa shape index (κ3) is 5.73. The molecule has 1 saturated carbocycles. The van der Waals surface area contributed by atoms with Gasteiger partial charge in [-0.15, -0.1) is 0 Å². The highest BCUT2D eigenvalue weighted by Gasteiger charge is 2.30. The van der Waals surface area contributed by atoms with Crippen LogP contribution >= 0.6 is 0 Å². The lowest BCUT2D eigenvalue weighted by Gasteiger charge is -2.30. The molecule has 0 spiro atoms. The minimum Gasteiger partial charge on any atom is -0.457 e. The molecule has 1 aliphatic carbocycles. The molecule has 7 heteroatoms. The summed E-state index contributed by atoms with van der Waals surface area (Å²) in [6.07, 6.45) is 6.39. The van der Waals surface area contributed by atoms with Crippen molar-refractivity contribution < 1.29 is 17.9 Å². The number of sulfonamides is 1. The first-order chi connectivity index (χ1) is 13.8. The minimum atomic E-state index is -3.64. The Morgan fingerprint density at radius 1 is 1.00 bits per heavy atom. The molecule has 0 radical (unpaired) electrons. The number of nitrogens with one attached hydrogen (secondary N) is 1. The van der Waals surface area contributed by atoms with Crippen LogP contribution in [0.4, 0.5) is 5.69 Å². The van der Waals surface area contributed by atoms with Crippen molar-refractivity contribution in [3.05, 3.63) is 54.6 Å². The van der Waals surface area contributed by atoms with E-state index in [1.165, 1.54) is 6.42 Å². The molecule has 2 aromatic carbocycles. The molecule has 29 heavy (non-hydrogen) atoms. The Kier molecular flexibility index (Phi) is 6.79. The normalized spacial score (nSPS) is 16.1. The number of amides is 1. The standard InChI is InChI=1S/C22H28N2O4S/c1-17(22(25)23-18-9-5-3-6-10-18)24(29(2,26)27)19-13-15-21(16-14-19)28-20-11-7-4-8-12-20/h4,7-8,11-18H,3,5-6,9-10H2,1-2H3,(H,23,25)/t17-/m1/s1. The molecule has 0 saturated heterocycles. The Labute approximate surface area is 172 Å². The van der Waals surface area contributed by atoms with Crippen LogP contribution in [0.15, 0.2) is 54.6 Å². The van der Waals surface area contributed by atoms with E-state index in [0.717, 1.165) is 36.2 Å². The van der Waals surface area contributed by atoms with Gasteiger partial charge < -0.3 is 10.1 Å². The van der Waals surface area contributed by atoms with Crippen molar-refractivity contribution in [3.63, 3.8) is 0 Å². The third-order valence-corrected chi connectivity index (χ3v) is 6.35. The zero-order valence-corrected chi connectivity index (χ0v) is 17.7. The summed E-state index contributed by atoms with van der Waals surface area (Å²) in [6.45, 7) is 1.62. The highest BCUT2D eigenvalue weighted by Crippen LogP contribution is 2.27. The second-order valence-electron chi connectivity index (χ2n) is 7.49. The Balaban J connectivity index is 1.74. The molecule has 0 unspecified atom stereocenters. The van der Waals surface area contributed by atoms with Crippen LogP contribution in [0.5, 0.6) is 11.5 Å². The number of hydrogen-bond acceptors (Lipinski definition) is 4. The summed E-state index contributed by atoms with van der Waals surface area (Å²) in [5.41, 5.74) is 0.430. The van der Waals surface area contributed by atoms with Crippen molar-refractivity contribution in [1.82, 2.24) is 5.32 Å². The molecule has 3 rings (SSSR count). The summed E-state index contributed by atoms with van der Waals surface area (Å²) in [6, 6.07) is 15.3. The molecule has 1 atom stereocenters. The zero-order valence-electron chi connectivity index (χ0n) is 16.9. The van der Waals surface area contributed by atoms with E-state index in [9.17, 15) is 13.2 Å². The molecule has 2 aromatic rings. The van der Waals surface area contributed by atoms with Crippen molar-refractivity contribution in [1.29, 1.82) is 0 Å². The first-order valence-electron chi connectivity index (χ1n) is 9.97. The fourth-order valence-corrected chi connectivity index (χ4v) is 4.84. The summed E-state index contributed by atoms with van der Waals surface area (Å²) in [5.74, 6) is 1.01. The number of rotatable bonds is 7. The summed E-state index contributed by atoms with van der Waals surface area (Å²) in [4.78, 5) is 12.7. The Morgan fingerprint density at radius 2 is 1.59 bits per heavy atom. The molecule has 0 bridgehead atoms. The van der Waals surface area contributed by atoms with Gasteiger partial charge in [0.1, 0.15) is 17.5 Å². The molecular formula is C22H28N2O4S. The molecule has 6 nitrogen and oxygen atoms in total. The summed E-state index contributed by atoms with van der Waals surface area (Å²) in [7, 11) is -3.64. The fourth-order valence-electron chi connectivity index (χ4n) is 3.66. The van der Waals surface area contributed by atoms with Gasteiger partial charge in [-0.1, -0.05) is 37.5 Å². The molecule has 1 amide bonds. The van der Waals surface area contributed by atoms with E-state index in [1.54, 1.807) is 31.2 Å². The first kappa shape index (κ1) is 21.2. The number of para-hydroxylation sites is 1. The van der Waals surface area contributed by atoms with Crippen molar-refractivity contribution in [3.8, 4) is 11.5 Å². The van der Waals surface area contributed by atoms with Crippen LogP contribution in [-0.2, 0) is 14.8 Å². The number of ether oxygens (including phenoxy) is 1. The molecular weight excluding hydrogens is 388 g/mol. The lowest BCUT2D eigenvalue weighted by molar-refractivity contribution is -0.122. The van der Waals surface area contributed by atoms with Gasteiger partial charge in [0.2, 0.25) is 15.9 Å². The van der Waals surface area contributed by atoms with E-state index in [2.05, 4.69) is 5.32 Å². The topological polar surface area (TPSA) is 75.7 Å². The Hall–Kier alpha value is -2.54. The number of anilines is 1. The van der Waals surface area contributed by atoms with E-state index in [-0.39, 0.29) is 11.9 Å². The average molecular weight is 417 g/mol. The molecule has 1 fully saturated rings. The smallest absolute Gasteiger partial charge is 0.243 e. The van der Waals surface area contributed by atoms with Crippen molar-refractivity contribution >= 4 is 21.6 Å². The molecule has 0 aliphatic heterocycles. The summed E-state index contributed by atoms with van der Waals surface area (Å²) >= 11 is 0. The lowest BCUT2D eigenvalue weighted by Crippen LogP contribution is -2.50. The zero-order chi connectivity index (χ0) is 20.9. The van der Waals surface area contributed by atoms with E-state index in [4.69, 9.17) is 4.74 Å². The molecule has 156 valence electrons. The molecule has 1 aliphatic rings. The second-order valence-corrected chi connectivity index (χ2v) is 9.35. The second kappa shape index (κ2) is 9.31. The van der Waals surface area contributed by atoms with Gasteiger partial charge in [-0.25, -0.2) is 8.42 Å². The highest BCUT2D eigenvalue weighted by atomic mass is 32.2. The van der Waals surface area contributed by atoms with Gasteiger partial charge >= 0.3 is 0 Å². The largest absolute Gasteiger partial charge is 0.457 e. The van der Waals surface area contributed by atoms with Crippen LogP contribution in [0.2, 0.25) is 0 Å². The third-order valence-electron chi connectivity index (χ3n) is 5.11. The SMILES string of the molecule is C[C@H](C(=O)NC1CCCCC1)N(c1ccc(Oc2ccccc2)cc1)S(C)(=O)=O. The van der Waals surface area contributed by atoms with Gasteiger partial charge in [0, 0.05) is 6.04 Å². The van der Waals surface area contributed by atoms with Crippen LogP contribution in [0.3, 0.4) is 0 Å². The lowest BCUT2D eigenvalue weighted by atomic mass is 9.95. The van der Waals surface area contributed by atoms with Crippen molar-refractivity contribution in [2.75, 3.05) is 10.6 Å². The van der Waals surface area contributed by atoms with E-state index in [1.807, 2.05) is 30.3 Å². The Morgan fingerprint density at radius 3 is 2.17 bits per heavy atom. The van der Waals surface area contributed by atoms with Gasteiger partial charge in [0.05, 0.1) is 11.9 Å². The van der Waals surface area contributed by atoms with E-state index < -0.39 is 16.1 Å². The molecule has 1 N–H and O–H groups in total. The monoisotopic (exact) mass is 416 g/mol. The van der Waals surface area contributed by atoms with E-state index in [0.29, 0.717) is 17.2 Å². The quantitative estimate of drug-likeness (QED) is 0.738. The van der Waals surface area contributed by atoms with Crippen molar-refractivity contribution in [2.45, 2.75) is 51.1 Å². The van der Waals surface area contributed by atoms with Gasteiger partial charge in [-0.2, -0.15) is 0 Å². The highest BCUT2D eigenvalue weighted by molar-refractivity contribution is 7.92. The van der Waals surface area contributed by atoms with Gasteiger partial charge in [0.25, 0.3) is 0 Å².